The van der Waals surface area contributed by atoms with Crippen molar-refractivity contribution in [2.45, 2.75) is 32.9 Å². The van der Waals surface area contributed by atoms with Crippen LogP contribution >= 0.6 is 0 Å². The molecule has 0 aliphatic rings. The number of aromatic nitrogens is 3. The third-order valence-corrected chi connectivity index (χ3v) is 2.35. The predicted octanol–water partition coefficient (Wildman–Crippen LogP) is 1.89. The van der Waals surface area contributed by atoms with Gasteiger partial charge in [0.1, 0.15) is 11.8 Å². The van der Waals surface area contributed by atoms with Crippen molar-refractivity contribution in [1.29, 1.82) is 5.26 Å². The molecular weight excluding hydrogens is 242 g/mol. The number of nitriles is 1. The van der Waals surface area contributed by atoms with Crippen molar-refractivity contribution in [2.24, 2.45) is 0 Å². The summed E-state index contributed by atoms with van der Waals surface area (Å²) in [4.78, 5) is 4.10. The van der Waals surface area contributed by atoms with Crippen LogP contribution in [0.25, 0.3) is 11.6 Å². The zero-order chi connectivity index (χ0) is 13.9. The minimum atomic E-state index is -0.0126. The van der Waals surface area contributed by atoms with Gasteiger partial charge in [0.25, 0.3) is 5.89 Å². The first-order chi connectivity index (χ1) is 8.98. The van der Waals surface area contributed by atoms with E-state index >= 15 is 0 Å². The summed E-state index contributed by atoms with van der Waals surface area (Å²) in [6.07, 6.45) is 1.48. The van der Waals surface area contributed by atoms with Gasteiger partial charge in [-0.15, -0.1) is 10.2 Å². The molecule has 1 N–H and O–H groups in total. The Hall–Kier alpha value is -2.26. The van der Waals surface area contributed by atoms with Gasteiger partial charge in [-0.05, 0) is 32.9 Å². The molecule has 6 heteroatoms. The minimum Gasteiger partial charge on any atom is -0.418 e. The number of nitrogens with zero attached hydrogens (tertiary/aromatic N) is 4. The van der Waals surface area contributed by atoms with E-state index in [0.29, 0.717) is 29.6 Å². The zero-order valence-electron chi connectivity index (χ0n) is 11.1. The Balaban J connectivity index is 2.10. The first-order valence-corrected chi connectivity index (χ1v) is 5.92. The van der Waals surface area contributed by atoms with Gasteiger partial charge in [-0.1, -0.05) is 0 Å². The Kier molecular flexibility index (Phi) is 3.58. The smallest absolute Gasteiger partial charge is 0.266 e. The molecule has 0 aromatic carbocycles. The molecule has 2 aromatic heterocycles. The third kappa shape index (κ3) is 3.60. The molecule has 2 heterocycles. The number of nitrogens with one attached hydrogen (secondary N) is 1. The fraction of sp³-hybridized carbons (Fsp3) is 0.385. The minimum absolute atomic E-state index is 0.0126. The van der Waals surface area contributed by atoms with Gasteiger partial charge >= 0.3 is 0 Å². The lowest BCUT2D eigenvalue weighted by Crippen LogP contribution is -2.35. The second-order valence-corrected chi connectivity index (χ2v) is 5.15. The lowest BCUT2D eigenvalue weighted by atomic mass is 10.1. The van der Waals surface area contributed by atoms with Crippen molar-refractivity contribution in [3.05, 3.63) is 29.8 Å². The van der Waals surface area contributed by atoms with Crippen molar-refractivity contribution in [1.82, 2.24) is 20.5 Å². The molecule has 0 fully saturated rings. The zero-order valence-corrected chi connectivity index (χ0v) is 11.1. The molecule has 0 bridgehead atoms. The summed E-state index contributed by atoms with van der Waals surface area (Å²) < 4.78 is 5.51. The van der Waals surface area contributed by atoms with E-state index in [4.69, 9.17) is 9.68 Å². The molecule has 6 nitrogen and oxygen atoms in total. The number of pyridine rings is 1. The van der Waals surface area contributed by atoms with Gasteiger partial charge in [0.15, 0.2) is 0 Å². The van der Waals surface area contributed by atoms with Crippen LogP contribution in [0.4, 0.5) is 0 Å². The molecule has 2 rings (SSSR count). The number of hydrogen-bond acceptors (Lipinski definition) is 6. The van der Waals surface area contributed by atoms with E-state index in [1.165, 1.54) is 6.20 Å². The fourth-order valence-corrected chi connectivity index (χ4v) is 1.36. The Labute approximate surface area is 111 Å². The largest absolute Gasteiger partial charge is 0.418 e. The topological polar surface area (TPSA) is 87.6 Å². The molecule has 0 saturated carbocycles. The summed E-state index contributed by atoms with van der Waals surface area (Å²) in [6.45, 7) is 6.69. The SMILES string of the molecule is CC(C)(C)NCc1nnc(-c2ccc(C#N)cn2)o1. The molecule has 0 radical (unpaired) electrons. The Morgan fingerprint density at radius 3 is 2.68 bits per heavy atom. The highest BCUT2D eigenvalue weighted by molar-refractivity contribution is 5.47. The average Bonchev–Trinajstić information content (AvgIpc) is 2.84. The van der Waals surface area contributed by atoms with Gasteiger partial charge in [-0.2, -0.15) is 5.26 Å². The second kappa shape index (κ2) is 5.16. The van der Waals surface area contributed by atoms with E-state index in [1.54, 1.807) is 12.1 Å². The molecule has 0 saturated heterocycles. The van der Waals surface area contributed by atoms with Crippen LogP contribution in [0.1, 0.15) is 32.2 Å². The lowest BCUT2D eigenvalue weighted by molar-refractivity contribution is 0.383. The first-order valence-electron chi connectivity index (χ1n) is 5.92. The van der Waals surface area contributed by atoms with E-state index < -0.39 is 0 Å². The molecule has 0 aliphatic carbocycles. The van der Waals surface area contributed by atoms with Crippen molar-refractivity contribution in [3.63, 3.8) is 0 Å². The summed E-state index contributed by atoms with van der Waals surface area (Å²) in [6, 6.07) is 5.36. The Bertz CT molecular complexity index is 589. The van der Waals surface area contributed by atoms with Gasteiger partial charge in [0, 0.05) is 11.7 Å². The molecule has 98 valence electrons. The molecule has 0 spiro atoms. The fourth-order valence-electron chi connectivity index (χ4n) is 1.36. The van der Waals surface area contributed by atoms with Gasteiger partial charge in [-0.25, -0.2) is 4.98 Å². The summed E-state index contributed by atoms with van der Waals surface area (Å²) in [5.74, 6) is 0.867. The van der Waals surface area contributed by atoms with Gasteiger partial charge in [0.05, 0.1) is 12.1 Å². The highest BCUT2D eigenvalue weighted by Gasteiger charge is 2.13. The van der Waals surface area contributed by atoms with Crippen molar-refractivity contribution in [3.8, 4) is 17.7 Å². The third-order valence-electron chi connectivity index (χ3n) is 2.35. The van der Waals surface area contributed by atoms with Crippen LogP contribution < -0.4 is 5.32 Å². The molecule has 0 amide bonds. The highest BCUT2D eigenvalue weighted by Crippen LogP contribution is 2.15. The quantitative estimate of drug-likeness (QED) is 0.903. The van der Waals surface area contributed by atoms with Crippen LogP contribution in [-0.4, -0.2) is 20.7 Å². The standard InChI is InChI=1S/C13H15N5O/c1-13(2,3)16-8-11-17-18-12(19-11)10-5-4-9(6-14)7-15-10/h4-5,7,16H,8H2,1-3H3. The molecule has 19 heavy (non-hydrogen) atoms. The van der Waals surface area contributed by atoms with Crippen molar-refractivity contribution >= 4 is 0 Å². The monoisotopic (exact) mass is 257 g/mol. The van der Waals surface area contributed by atoms with E-state index in [1.807, 2.05) is 6.07 Å². The van der Waals surface area contributed by atoms with Crippen molar-refractivity contribution < 1.29 is 4.42 Å². The predicted molar refractivity (Wildman–Crippen MR) is 68.8 cm³/mol. The lowest BCUT2D eigenvalue weighted by Gasteiger charge is -2.18. The molecule has 2 aromatic rings. The average molecular weight is 257 g/mol. The Morgan fingerprint density at radius 1 is 1.32 bits per heavy atom. The van der Waals surface area contributed by atoms with Crippen LogP contribution in [0.5, 0.6) is 0 Å². The Morgan fingerprint density at radius 2 is 2.11 bits per heavy atom. The van der Waals surface area contributed by atoms with E-state index in [2.05, 4.69) is 41.3 Å². The summed E-state index contributed by atoms with van der Waals surface area (Å²) in [7, 11) is 0. The van der Waals surface area contributed by atoms with Crippen LogP contribution in [0.3, 0.4) is 0 Å². The second-order valence-electron chi connectivity index (χ2n) is 5.15. The number of hydrogen-bond donors (Lipinski definition) is 1. The van der Waals surface area contributed by atoms with Gasteiger partial charge in [-0.3, -0.25) is 0 Å². The van der Waals surface area contributed by atoms with Crippen LogP contribution in [0.2, 0.25) is 0 Å². The maximum Gasteiger partial charge on any atom is 0.266 e. The van der Waals surface area contributed by atoms with E-state index in [-0.39, 0.29) is 5.54 Å². The molecule has 0 aliphatic heterocycles. The van der Waals surface area contributed by atoms with Crippen LogP contribution in [-0.2, 0) is 6.54 Å². The maximum atomic E-state index is 8.70. The summed E-state index contributed by atoms with van der Waals surface area (Å²) in [5, 5.41) is 19.9. The van der Waals surface area contributed by atoms with Crippen LogP contribution in [0, 0.1) is 11.3 Å². The first kappa shape index (κ1) is 13.2. The van der Waals surface area contributed by atoms with E-state index in [9.17, 15) is 0 Å². The number of rotatable bonds is 3. The van der Waals surface area contributed by atoms with E-state index in [0.717, 1.165) is 0 Å². The molecular formula is C13H15N5O. The van der Waals surface area contributed by atoms with Crippen molar-refractivity contribution in [2.75, 3.05) is 0 Å². The molecule has 0 unspecified atom stereocenters. The highest BCUT2D eigenvalue weighted by atomic mass is 16.4. The molecule has 0 atom stereocenters. The van der Waals surface area contributed by atoms with Gasteiger partial charge < -0.3 is 9.73 Å². The maximum absolute atomic E-state index is 8.70. The normalized spacial score (nSPS) is 11.3. The van der Waals surface area contributed by atoms with Gasteiger partial charge in [0.2, 0.25) is 5.89 Å². The van der Waals surface area contributed by atoms with Crippen LogP contribution in [0.15, 0.2) is 22.7 Å². The summed E-state index contributed by atoms with van der Waals surface area (Å²) >= 11 is 0. The summed E-state index contributed by atoms with van der Waals surface area (Å²) in [5.41, 5.74) is 1.05.